The second-order valence-corrected chi connectivity index (χ2v) is 6.75. The molecule has 2 heterocycles. The van der Waals surface area contributed by atoms with Gasteiger partial charge in [-0.3, -0.25) is 0 Å². The summed E-state index contributed by atoms with van der Waals surface area (Å²) < 4.78 is 5.47. The predicted octanol–water partition coefficient (Wildman–Crippen LogP) is 3.90. The zero-order valence-electron chi connectivity index (χ0n) is 15.6. The van der Waals surface area contributed by atoms with Gasteiger partial charge in [-0.15, -0.1) is 0 Å². The van der Waals surface area contributed by atoms with Crippen LogP contribution in [0, 0.1) is 6.92 Å². The van der Waals surface area contributed by atoms with Crippen molar-refractivity contribution in [2.24, 2.45) is 0 Å². The van der Waals surface area contributed by atoms with Crippen LogP contribution in [0.1, 0.15) is 11.1 Å². The summed E-state index contributed by atoms with van der Waals surface area (Å²) in [7, 11) is 0. The van der Waals surface area contributed by atoms with Crippen molar-refractivity contribution in [3.05, 3.63) is 71.8 Å². The smallest absolute Gasteiger partial charge is 0.228 e. The van der Waals surface area contributed by atoms with Gasteiger partial charge in [0, 0.05) is 31.3 Å². The first-order chi connectivity index (χ1) is 13.3. The third kappa shape index (κ3) is 4.44. The number of nitrogens with zero attached hydrogens (tertiary/aromatic N) is 3. The van der Waals surface area contributed by atoms with Gasteiger partial charge in [-0.25, -0.2) is 4.98 Å². The Balaban J connectivity index is 1.62. The van der Waals surface area contributed by atoms with E-state index in [-0.39, 0.29) is 0 Å². The molecule has 1 fully saturated rings. The van der Waals surface area contributed by atoms with Crippen LogP contribution in [-0.2, 0) is 11.3 Å². The van der Waals surface area contributed by atoms with E-state index in [2.05, 4.69) is 53.5 Å². The van der Waals surface area contributed by atoms with Crippen molar-refractivity contribution in [1.82, 2.24) is 9.97 Å². The SMILES string of the molecule is Cc1cccc(CNc2cc(-c3ccccc3)nc(N3CCOCC3)n2)c1. The van der Waals surface area contributed by atoms with E-state index in [1.54, 1.807) is 0 Å². The van der Waals surface area contributed by atoms with E-state index in [1.807, 2.05) is 24.3 Å². The quantitative estimate of drug-likeness (QED) is 0.748. The fourth-order valence-corrected chi connectivity index (χ4v) is 3.20. The fraction of sp³-hybridized carbons (Fsp3) is 0.273. The Morgan fingerprint density at radius 2 is 1.78 bits per heavy atom. The maximum atomic E-state index is 5.47. The standard InChI is InChI=1S/C22H24N4O/c1-17-6-5-7-18(14-17)16-23-21-15-20(19-8-3-2-4-9-19)24-22(25-21)26-10-12-27-13-11-26/h2-9,14-15H,10-13,16H2,1H3,(H,23,24,25). The minimum Gasteiger partial charge on any atom is -0.378 e. The molecular formula is C22H24N4O. The van der Waals surface area contributed by atoms with Crippen LogP contribution >= 0.6 is 0 Å². The molecule has 1 saturated heterocycles. The van der Waals surface area contributed by atoms with Crippen molar-refractivity contribution in [2.45, 2.75) is 13.5 Å². The van der Waals surface area contributed by atoms with E-state index < -0.39 is 0 Å². The lowest BCUT2D eigenvalue weighted by atomic mass is 10.1. The second-order valence-electron chi connectivity index (χ2n) is 6.75. The van der Waals surface area contributed by atoms with Crippen molar-refractivity contribution >= 4 is 11.8 Å². The van der Waals surface area contributed by atoms with E-state index in [0.717, 1.165) is 42.7 Å². The molecule has 0 amide bonds. The number of morpholine rings is 1. The molecule has 0 unspecified atom stereocenters. The largest absolute Gasteiger partial charge is 0.378 e. The van der Waals surface area contributed by atoms with Crippen LogP contribution in [0.15, 0.2) is 60.7 Å². The summed E-state index contributed by atoms with van der Waals surface area (Å²) in [5, 5.41) is 3.47. The van der Waals surface area contributed by atoms with Gasteiger partial charge in [-0.2, -0.15) is 4.98 Å². The van der Waals surface area contributed by atoms with Crippen molar-refractivity contribution in [1.29, 1.82) is 0 Å². The molecule has 2 aromatic carbocycles. The Labute approximate surface area is 160 Å². The Kier molecular flexibility index (Phi) is 5.30. The summed E-state index contributed by atoms with van der Waals surface area (Å²) in [6, 6.07) is 20.8. The van der Waals surface area contributed by atoms with Crippen LogP contribution in [0.2, 0.25) is 0 Å². The molecule has 0 spiro atoms. The van der Waals surface area contributed by atoms with Gasteiger partial charge in [0.2, 0.25) is 5.95 Å². The van der Waals surface area contributed by atoms with Gasteiger partial charge >= 0.3 is 0 Å². The molecule has 1 aliphatic rings. The first kappa shape index (κ1) is 17.5. The van der Waals surface area contributed by atoms with Crippen LogP contribution in [0.4, 0.5) is 11.8 Å². The van der Waals surface area contributed by atoms with Gasteiger partial charge in [0.15, 0.2) is 0 Å². The molecule has 1 aromatic heterocycles. The third-order valence-corrected chi connectivity index (χ3v) is 4.63. The molecular weight excluding hydrogens is 336 g/mol. The third-order valence-electron chi connectivity index (χ3n) is 4.63. The number of ether oxygens (including phenoxy) is 1. The zero-order valence-corrected chi connectivity index (χ0v) is 15.6. The number of hydrogen-bond acceptors (Lipinski definition) is 5. The van der Waals surface area contributed by atoms with Gasteiger partial charge < -0.3 is 15.0 Å². The Morgan fingerprint density at radius 3 is 2.56 bits per heavy atom. The van der Waals surface area contributed by atoms with Crippen molar-refractivity contribution in [3.63, 3.8) is 0 Å². The lowest BCUT2D eigenvalue weighted by Gasteiger charge is -2.27. The molecule has 0 saturated carbocycles. The molecule has 0 bridgehead atoms. The summed E-state index contributed by atoms with van der Waals surface area (Å²) in [6.45, 7) is 5.90. The van der Waals surface area contributed by atoms with Crippen molar-refractivity contribution in [3.8, 4) is 11.3 Å². The van der Waals surface area contributed by atoms with Crippen molar-refractivity contribution < 1.29 is 4.74 Å². The van der Waals surface area contributed by atoms with E-state index in [1.165, 1.54) is 11.1 Å². The molecule has 1 aliphatic heterocycles. The highest BCUT2D eigenvalue weighted by Gasteiger charge is 2.16. The molecule has 27 heavy (non-hydrogen) atoms. The molecule has 5 heteroatoms. The zero-order chi connectivity index (χ0) is 18.5. The maximum Gasteiger partial charge on any atom is 0.228 e. The normalized spacial score (nSPS) is 14.2. The van der Waals surface area contributed by atoms with E-state index in [0.29, 0.717) is 13.2 Å². The van der Waals surface area contributed by atoms with Crippen LogP contribution in [0.25, 0.3) is 11.3 Å². The number of rotatable bonds is 5. The minimum absolute atomic E-state index is 0.713. The van der Waals surface area contributed by atoms with Crippen LogP contribution in [0.3, 0.4) is 0 Å². The molecule has 5 nitrogen and oxygen atoms in total. The first-order valence-electron chi connectivity index (χ1n) is 9.34. The summed E-state index contributed by atoms with van der Waals surface area (Å²) >= 11 is 0. The summed E-state index contributed by atoms with van der Waals surface area (Å²) in [4.78, 5) is 11.8. The highest BCUT2D eigenvalue weighted by Crippen LogP contribution is 2.23. The first-order valence-corrected chi connectivity index (χ1v) is 9.34. The Hall–Kier alpha value is -2.92. The van der Waals surface area contributed by atoms with Crippen LogP contribution in [0.5, 0.6) is 0 Å². The van der Waals surface area contributed by atoms with Gasteiger partial charge in [0.25, 0.3) is 0 Å². The van der Waals surface area contributed by atoms with E-state index in [9.17, 15) is 0 Å². The molecule has 0 aliphatic carbocycles. The average Bonchev–Trinajstić information content (AvgIpc) is 2.73. The van der Waals surface area contributed by atoms with E-state index >= 15 is 0 Å². The Bertz CT molecular complexity index is 892. The number of benzene rings is 2. The topological polar surface area (TPSA) is 50.3 Å². The summed E-state index contributed by atoms with van der Waals surface area (Å²) in [5.41, 5.74) is 4.52. The van der Waals surface area contributed by atoms with Gasteiger partial charge in [-0.1, -0.05) is 60.2 Å². The molecule has 0 atom stereocenters. The molecule has 1 N–H and O–H groups in total. The monoisotopic (exact) mass is 360 g/mol. The molecule has 4 rings (SSSR count). The predicted molar refractivity (Wildman–Crippen MR) is 109 cm³/mol. The molecule has 0 radical (unpaired) electrons. The lowest BCUT2D eigenvalue weighted by Crippen LogP contribution is -2.37. The minimum atomic E-state index is 0.713. The number of aromatic nitrogens is 2. The average molecular weight is 360 g/mol. The summed E-state index contributed by atoms with van der Waals surface area (Å²) in [5.74, 6) is 1.60. The van der Waals surface area contributed by atoms with Gasteiger partial charge in [0.1, 0.15) is 5.82 Å². The molecule has 3 aromatic rings. The number of hydrogen-bond donors (Lipinski definition) is 1. The lowest BCUT2D eigenvalue weighted by molar-refractivity contribution is 0.122. The second kappa shape index (κ2) is 8.18. The Morgan fingerprint density at radius 1 is 0.963 bits per heavy atom. The van der Waals surface area contributed by atoms with Crippen molar-refractivity contribution in [2.75, 3.05) is 36.5 Å². The van der Waals surface area contributed by atoms with Gasteiger partial charge in [0.05, 0.1) is 18.9 Å². The number of anilines is 2. The van der Waals surface area contributed by atoms with Crippen LogP contribution < -0.4 is 10.2 Å². The number of nitrogens with one attached hydrogen (secondary N) is 1. The molecule has 138 valence electrons. The van der Waals surface area contributed by atoms with Crippen LogP contribution in [-0.4, -0.2) is 36.3 Å². The van der Waals surface area contributed by atoms with E-state index in [4.69, 9.17) is 14.7 Å². The fourth-order valence-electron chi connectivity index (χ4n) is 3.20. The summed E-state index contributed by atoms with van der Waals surface area (Å²) in [6.07, 6.45) is 0. The highest BCUT2D eigenvalue weighted by molar-refractivity contribution is 5.64. The maximum absolute atomic E-state index is 5.47. The highest BCUT2D eigenvalue weighted by atomic mass is 16.5. The van der Waals surface area contributed by atoms with Gasteiger partial charge in [-0.05, 0) is 12.5 Å². The number of aryl methyl sites for hydroxylation is 1.